The lowest BCUT2D eigenvalue weighted by molar-refractivity contribution is 0.0699. The summed E-state index contributed by atoms with van der Waals surface area (Å²) >= 11 is 1.66. The third-order valence-electron chi connectivity index (χ3n) is 5.54. The van der Waals surface area contributed by atoms with Crippen molar-refractivity contribution in [2.75, 3.05) is 5.32 Å². The SMILES string of the molecule is CCCC(C)Nc1ccc(CC)c2nc(-c3csc4ccccc34)cc(C(=O)O)c12. The molecule has 30 heavy (non-hydrogen) atoms. The van der Waals surface area contributed by atoms with Gasteiger partial charge in [0.1, 0.15) is 0 Å². The minimum atomic E-state index is -0.928. The maximum absolute atomic E-state index is 12.3. The minimum Gasteiger partial charge on any atom is -0.478 e. The van der Waals surface area contributed by atoms with Crippen LogP contribution in [0.1, 0.15) is 49.5 Å². The van der Waals surface area contributed by atoms with Crippen LogP contribution in [0.2, 0.25) is 0 Å². The molecule has 1 unspecified atom stereocenters. The van der Waals surface area contributed by atoms with Gasteiger partial charge in [-0.3, -0.25) is 0 Å². The molecule has 0 aliphatic rings. The van der Waals surface area contributed by atoms with Gasteiger partial charge >= 0.3 is 5.97 Å². The topological polar surface area (TPSA) is 62.2 Å². The Balaban J connectivity index is 1.98. The fourth-order valence-electron chi connectivity index (χ4n) is 4.06. The Morgan fingerprint density at radius 2 is 2.00 bits per heavy atom. The summed E-state index contributed by atoms with van der Waals surface area (Å²) in [5.41, 5.74) is 4.67. The highest BCUT2D eigenvalue weighted by molar-refractivity contribution is 7.17. The van der Waals surface area contributed by atoms with Crippen LogP contribution in [0.4, 0.5) is 5.69 Å². The monoisotopic (exact) mass is 418 g/mol. The van der Waals surface area contributed by atoms with E-state index in [2.05, 4.69) is 49.7 Å². The van der Waals surface area contributed by atoms with Crippen LogP contribution in [0.15, 0.2) is 47.8 Å². The van der Waals surface area contributed by atoms with E-state index in [1.54, 1.807) is 17.4 Å². The molecular weight excluding hydrogens is 392 g/mol. The van der Waals surface area contributed by atoms with E-state index < -0.39 is 5.97 Å². The molecule has 4 rings (SSSR count). The van der Waals surface area contributed by atoms with Gasteiger partial charge in [0, 0.05) is 38.1 Å². The van der Waals surface area contributed by atoms with E-state index in [0.29, 0.717) is 16.6 Å². The van der Waals surface area contributed by atoms with Crippen molar-refractivity contribution in [1.29, 1.82) is 0 Å². The molecule has 2 heterocycles. The maximum atomic E-state index is 12.3. The van der Waals surface area contributed by atoms with Crippen LogP contribution in [0.25, 0.3) is 32.2 Å². The molecule has 0 saturated heterocycles. The zero-order valence-corrected chi connectivity index (χ0v) is 18.3. The average molecular weight is 419 g/mol. The summed E-state index contributed by atoms with van der Waals surface area (Å²) in [5.74, 6) is -0.928. The molecule has 2 aromatic carbocycles. The molecule has 4 aromatic rings. The van der Waals surface area contributed by atoms with Crippen LogP contribution in [0, 0.1) is 0 Å². The van der Waals surface area contributed by atoms with Gasteiger partial charge in [0.25, 0.3) is 0 Å². The fraction of sp³-hybridized carbons (Fsp3) is 0.280. The minimum absolute atomic E-state index is 0.257. The van der Waals surface area contributed by atoms with E-state index in [1.807, 2.05) is 18.2 Å². The molecular formula is C25H26N2O2S. The van der Waals surface area contributed by atoms with Crippen LogP contribution in [0.5, 0.6) is 0 Å². The van der Waals surface area contributed by atoms with Crippen LogP contribution in [-0.4, -0.2) is 22.1 Å². The zero-order chi connectivity index (χ0) is 21.3. The van der Waals surface area contributed by atoms with Gasteiger partial charge in [-0.05, 0) is 43.5 Å². The van der Waals surface area contributed by atoms with Gasteiger partial charge in [0.05, 0.1) is 16.8 Å². The predicted molar refractivity (Wildman–Crippen MR) is 127 cm³/mol. The number of hydrogen-bond donors (Lipinski definition) is 2. The first kappa shape index (κ1) is 20.4. The number of hydrogen-bond acceptors (Lipinski definition) is 4. The Morgan fingerprint density at radius 3 is 2.73 bits per heavy atom. The number of carboxylic acid groups (broad SMARTS) is 1. The second-order valence-electron chi connectivity index (χ2n) is 7.69. The van der Waals surface area contributed by atoms with E-state index in [1.165, 1.54) is 4.70 Å². The number of rotatable bonds is 7. The molecule has 0 fully saturated rings. The third kappa shape index (κ3) is 3.65. The Morgan fingerprint density at radius 1 is 1.20 bits per heavy atom. The van der Waals surface area contributed by atoms with Crippen molar-refractivity contribution in [3.8, 4) is 11.3 Å². The lowest BCUT2D eigenvalue weighted by Gasteiger charge is -2.19. The van der Waals surface area contributed by atoms with E-state index >= 15 is 0 Å². The lowest BCUT2D eigenvalue weighted by atomic mass is 9.98. The number of nitrogens with one attached hydrogen (secondary N) is 1. The quantitative estimate of drug-likeness (QED) is 0.340. The largest absolute Gasteiger partial charge is 0.478 e. The van der Waals surface area contributed by atoms with Gasteiger partial charge in [0.2, 0.25) is 0 Å². The molecule has 0 bridgehead atoms. The molecule has 2 N–H and O–H groups in total. The molecule has 154 valence electrons. The summed E-state index contributed by atoms with van der Waals surface area (Å²) in [6, 6.07) is 14.2. The van der Waals surface area contributed by atoms with Crippen LogP contribution in [0.3, 0.4) is 0 Å². The molecule has 0 spiro atoms. The van der Waals surface area contributed by atoms with E-state index in [-0.39, 0.29) is 6.04 Å². The van der Waals surface area contributed by atoms with E-state index in [9.17, 15) is 9.90 Å². The van der Waals surface area contributed by atoms with Crippen molar-refractivity contribution >= 4 is 44.0 Å². The van der Waals surface area contributed by atoms with Crippen molar-refractivity contribution in [2.24, 2.45) is 0 Å². The summed E-state index contributed by atoms with van der Waals surface area (Å²) in [6.07, 6.45) is 2.88. The van der Waals surface area contributed by atoms with Crippen LogP contribution >= 0.6 is 11.3 Å². The van der Waals surface area contributed by atoms with E-state index in [0.717, 1.165) is 47.0 Å². The number of aryl methyl sites for hydroxylation is 1. The molecule has 0 aliphatic heterocycles. The lowest BCUT2D eigenvalue weighted by Crippen LogP contribution is -2.16. The van der Waals surface area contributed by atoms with Crippen LogP contribution in [-0.2, 0) is 6.42 Å². The van der Waals surface area contributed by atoms with Crippen molar-refractivity contribution in [1.82, 2.24) is 4.98 Å². The molecule has 0 amide bonds. The van der Waals surface area contributed by atoms with Crippen molar-refractivity contribution in [3.05, 3.63) is 59.0 Å². The molecule has 0 saturated carbocycles. The highest BCUT2D eigenvalue weighted by Crippen LogP contribution is 2.37. The smallest absolute Gasteiger partial charge is 0.336 e. The Kier molecular flexibility index (Phi) is 5.73. The summed E-state index contributed by atoms with van der Waals surface area (Å²) in [5, 5.41) is 17.5. The number of anilines is 1. The highest BCUT2D eigenvalue weighted by atomic mass is 32.1. The second-order valence-corrected chi connectivity index (χ2v) is 8.60. The number of benzene rings is 2. The number of aromatic nitrogens is 1. The first-order valence-corrected chi connectivity index (χ1v) is 11.3. The van der Waals surface area contributed by atoms with Gasteiger partial charge in [-0.25, -0.2) is 9.78 Å². The number of nitrogens with zero attached hydrogens (tertiary/aromatic N) is 1. The summed E-state index contributed by atoms with van der Waals surface area (Å²) in [7, 11) is 0. The Bertz CT molecular complexity index is 1230. The molecule has 0 aliphatic carbocycles. The van der Waals surface area contributed by atoms with Gasteiger partial charge in [-0.2, -0.15) is 0 Å². The van der Waals surface area contributed by atoms with Gasteiger partial charge in [-0.15, -0.1) is 11.3 Å². The molecule has 5 heteroatoms. The second kappa shape index (κ2) is 8.44. The predicted octanol–water partition coefficient (Wildman–Crippen LogP) is 6.98. The zero-order valence-electron chi connectivity index (χ0n) is 17.5. The van der Waals surface area contributed by atoms with Crippen LogP contribution < -0.4 is 5.32 Å². The number of thiophene rings is 1. The van der Waals surface area contributed by atoms with Gasteiger partial charge in [-0.1, -0.05) is 44.5 Å². The van der Waals surface area contributed by atoms with Crippen molar-refractivity contribution in [3.63, 3.8) is 0 Å². The van der Waals surface area contributed by atoms with E-state index in [4.69, 9.17) is 4.98 Å². The molecule has 1 atom stereocenters. The Labute approximate surface area is 180 Å². The number of carbonyl (C=O) groups is 1. The number of pyridine rings is 1. The standard InChI is InChI=1S/C25H26N2O2S/c1-4-8-15(3)26-20-12-11-16(5-2)24-23(20)18(25(28)29)13-21(27-24)19-14-30-22-10-7-6-9-17(19)22/h6-7,9-15,26H,4-5,8H2,1-3H3,(H,28,29). The first-order valence-electron chi connectivity index (χ1n) is 10.5. The summed E-state index contributed by atoms with van der Waals surface area (Å²) in [4.78, 5) is 17.3. The fourth-order valence-corrected chi connectivity index (χ4v) is 5.01. The first-order chi connectivity index (χ1) is 14.5. The van der Waals surface area contributed by atoms with Crippen molar-refractivity contribution < 1.29 is 9.90 Å². The molecule has 4 nitrogen and oxygen atoms in total. The number of fused-ring (bicyclic) bond motifs is 2. The van der Waals surface area contributed by atoms with Gasteiger partial charge < -0.3 is 10.4 Å². The Hall–Kier alpha value is -2.92. The molecule has 2 aromatic heterocycles. The summed E-state index contributed by atoms with van der Waals surface area (Å²) < 4.78 is 1.17. The normalized spacial score (nSPS) is 12.4. The summed E-state index contributed by atoms with van der Waals surface area (Å²) in [6.45, 7) is 6.36. The van der Waals surface area contributed by atoms with Gasteiger partial charge in [0.15, 0.2) is 0 Å². The number of aromatic carboxylic acids is 1. The number of carboxylic acids is 1. The highest BCUT2D eigenvalue weighted by Gasteiger charge is 2.20. The third-order valence-corrected chi connectivity index (χ3v) is 6.50. The maximum Gasteiger partial charge on any atom is 0.336 e. The molecule has 0 radical (unpaired) electrons. The average Bonchev–Trinajstić information content (AvgIpc) is 3.17. The van der Waals surface area contributed by atoms with Crippen molar-refractivity contribution in [2.45, 2.75) is 46.1 Å².